The molecule has 0 amide bonds. The molecule has 0 unspecified atom stereocenters. The van der Waals surface area contributed by atoms with Gasteiger partial charge in [0.05, 0.1) is 23.4 Å². The van der Waals surface area contributed by atoms with E-state index in [-0.39, 0.29) is 24.3 Å². The lowest BCUT2D eigenvalue weighted by molar-refractivity contribution is 0.0697. The number of carboxylic acids is 1. The maximum Gasteiger partial charge on any atom is 0.337 e. The molecule has 1 N–H and O–H groups in total. The Labute approximate surface area is 103 Å². The van der Waals surface area contributed by atoms with Gasteiger partial charge in [0, 0.05) is 5.02 Å². The van der Waals surface area contributed by atoms with Crippen LogP contribution in [0.4, 0.5) is 5.69 Å². The Morgan fingerprint density at radius 2 is 1.94 bits per heavy atom. The molecule has 0 aromatic heterocycles. The summed E-state index contributed by atoms with van der Waals surface area (Å²) in [6.07, 6.45) is 0. The van der Waals surface area contributed by atoms with Crippen LogP contribution in [0.15, 0.2) is 18.2 Å². The third-order valence-electron chi connectivity index (χ3n) is 2.05. The molecule has 17 heavy (non-hydrogen) atoms. The van der Waals surface area contributed by atoms with Crippen LogP contribution in [-0.2, 0) is 0 Å². The highest BCUT2D eigenvalue weighted by atomic mass is 35.5. The Kier molecular flexibility index (Phi) is 4.33. The first-order valence-corrected chi connectivity index (χ1v) is 4.99. The average Bonchev–Trinajstić information content (AvgIpc) is 2.28. The molecular weight excluding hydrogens is 242 g/mol. The van der Waals surface area contributed by atoms with Crippen molar-refractivity contribution in [3.05, 3.63) is 28.8 Å². The van der Waals surface area contributed by atoms with E-state index in [0.29, 0.717) is 5.02 Å². The highest BCUT2D eigenvalue weighted by Crippen LogP contribution is 2.24. The van der Waals surface area contributed by atoms with Crippen molar-refractivity contribution in [2.75, 3.05) is 18.0 Å². The van der Waals surface area contributed by atoms with Gasteiger partial charge < -0.3 is 10.0 Å². The third kappa shape index (κ3) is 3.10. The molecule has 0 bridgehead atoms. The Bertz CT molecular complexity index is 500. The van der Waals surface area contributed by atoms with Gasteiger partial charge in [-0.2, -0.15) is 10.5 Å². The van der Waals surface area contributed by atoms with Crippen LogP contribution in [0.25, 0.3) is 0 Å². The standard InChI is InChI=1S/C11H8ClN3O2/c12-8-1-2-9(11(16)17)10(7-8)15(5-3-13)6-4-14/h1-2,7H,5-6H2,(H,16,17). The van der Waals surface area contributed by atoms with Crippen molar-refractivity contribution in [3.8, 4) is 12.1 Å². The minimum atomic E-state index is -1.13. The number of benzene rings is 1. The van der Waals surface area contributed by atoms with E-state index >= 15 is 0 Å². The quantitative estimate of drug-likeness (QED) is 0.823. The summed E-state index contributed by atoms with van der Waals surface area (Å²) in [6.45, 7) is -0.150. The number of nitrogens with zero attached hydrogens (tertiary/aromatic N) is 3. The summed E-state index contributed by atoms with van der Waals surface area (Å²) in [5.41, 5.74) is 0.285. The SMILES string of the molecule is N#CCN(CC#N)c1cc(Cl)ccc1C(=O)O. The number of carboxylic acid groups (broad SMARTS) is 1. The Balaban J connectivity index is 3.25. The van der Waals surface area contributed by atoms with Crippen LogP contribution >= 0.6 is 11.6 Å². The second-order valence-corrected chi connectivity index (χ2v) is 3.58. The van der Waals surface area contributed by atoms with Crippen molar-refractivity contribution < 1.29 is 9.90 Å². The highest BCUT2D eigenvalue weighted by molar-refractivity contribution is 6.31. The molecule has 0 fully saturated rings. The maximum atomic E-state index is 11.0. The molecule has 0 heterocycles. The Morgan fingerprint density at radius 3 is 2.41 bits per heavy atom. The summed E-state index contributed by atoms with van der Waals surface area (Å²) in [5, 5.41) is 26.6. The lowest BCUT2D eigenvalue weighted by Crippen LogP contribution is -2.25. The molecule has 0 saturated carbocycles. The summed E-state index contributed by atoms with van der Waals surface area (Å²) in [4.78, 5) is 12.4. The molecule has 86 valence electrons. The number of hydrogen-bond acceptors (Lipinski definition) is 4. The van der Waals surface area contributed by atoms with E-state index in [4.69, 9.17) is 27.2 Å². The smallest absolute Gasteiger partial charge is 0.337 e. The topological polar surface area (TPSA) is 88.1 Å². The molecule has 0 aliphatic heterocycles. The van der Waals surface area contributed by atoms with Gasteiger partial charge in [0.1, 0.15) is 13.1 Å². The van der Waals surface area contributed by atoms with E-state index in [2.05, 4.69) is 0 Å². The van der Waals surface area contributed by atoms with Crippen LogP contribution in [0.2, 0.25) is 5.02 Å². The number of aromatic carboxylic acids is 1. The summed E-state index contributed by atoms with van der Waals surface area (Å²) in [5.74, 6) is -1.13. The first-order chi connectivity index (χ1) is 8.10. The first-order valence-electron chi connectivity index (χ1n) is 4.62. The van der Waals surface area contributed by atoms with Gasteiger partial charge in [0.25, 0.3) is 0 Å². The van der Waals surface area contributed by atoms with Gasteiger partial charge in [0.15, 0.2) is 0 Å². The van der Waals surface area contributed by atoms with Gasteiger partial charge in [0.2, 0.25) is 0 Å². The summed E-state index contributed by atoms with van der Waals surface area (Å²) in [7, 11) is 0. The predicted octanol–water partition coefficient (Wildman–Crippen LogP) is 1.89. The molecule has 5 nitrogen and oxygen atoms in total. The number of anilines is 1. The van der Waals surface area contributed by atoms with Gasteiger partial charge in [-0.05, 0) is 18.2 Å². The predicted molar refractivity (Wildman–Crippen MR) is 61.9 cm³/mol. The summed E-state index contributed by atoms with van der Waals surface area (Å²) in [6, 6.07) is 7.98. The lowest BCUT2D eigenvalue weighted by atomic mass is 10.1. The molecule has 0 aliphatic carbocycles. The third-order valence-corrected chi connectivity index (χ3v) is 2.29. The van der Waals surface area contributed by atoms with Crippen LogP contribution in [0.3, 0.4) is 0 Å². The lowest BCUT2D eigenvalue weighted by Gasteiger charge is -2.20. The van der Waals surface area contributed by atoms with Crippen LogP contribution in [0.1, 0.15) is 10.4 Å². The molecule has 0 saturated heterocycles. The second kappa shape index (κ2) is 5.74. The molecule has 0 radical (unpaired) electrons. The zero-order valence-electron chi connectivity index (χ0n) is 8.72. The number of nitriles is 2. The van der Waals surface area contributed by atoms with Gasteiger partial charge >= 0.3 is 5.97 Å². The number of halogens is 1. The molecule has 6 heteroatoms. The largest absolute Gasteiger partial charge is 0.478 e. The van der Waals surface area contributed by atoms with Crippen molar-refractivity contribution in [2.45, 2.75) is 0 Å². The summed E-state index contributed by atoms with van der Waals surface area (Å²) >= 11 is 5.78. The molecule has 1 aromatic carbocycles. The van der Waals surface area contributed by atoms with E-state index < -0.39 is 5.97 Å². The van der Waals surface area contributed by atoms with Crippen LogP contribution in [0.5, 0.6) is 0 Å². The van der Waals surface area contributed by atoms with Crippen LogP contribution < -0.4 is 4.90 Å². The maximum absolute atomic E-state index is 11.0. The van der Waals surface area contributed by atoms with Gasteiger partial charge in [-0.3, -0.25) is 0 Å². The molecule has 1 aromatic rings. The fourth-order valence-electron chi connectivity index (χ4n) is 1.34. The van der Waals surface area contributed by atoms with Gasteiger partial charge in [-0.15, -0.1) is 0 Å². The molecular formula is C11H8ClN3O2. The van der Waals surface area contributed by atoms with Crippen molar-refractivity contribution in [1.82, 2.24) is 0 Å². The van der Waals surface area contributed by atoms with Crippen LogP contribution in [-0.4, -0.2) is 24.2 Å². The normalized spacial score (nSPS) is 9.12. The first kappa shape index (κ1) is 12.8. The van der Waals surface area contributed by atoms with Crippen molar-refractivity contribution in [1.29, 1.82) is 10.5 Å². The van der Waals surface area contributed by atoms with E-state index in [1.807, 2.05) is 12.1 Å². The van der Waals surface area contributed by atoms with Crippen molar-refractivity contribution in [2.24, 2.45) is 0 Å². The van der Waals surface area contributed by atoms with Gasteiger partial charge in [-0.1, -0.05) is 11.6 Å². The molecule has 0 spiro atoms. The fraction of sp³-hybridized carbons (Fsp3) is 0.182. The monoisotopic (exact) mass is 249 g/mol. The van der Waals surface area contributed by atoms with Gasteiger partial charge in [-0.25, -0.2) is 4.79 Å². The van der Waals surface area contributed by atoms with E-state index in [1.165, 1.54) is 23.1 Å². The Morgan fingerprint density at radius 1 is 1.35 bits per heavy atom. The zero-order valence-corrected chi connectivity index (χ0v) is 9.48. The van der Waals surface area contributed by atoms with E-state index in [9.17, 15) is 4.79 Å². The minimum Gasteiger partial charge on any atom is -0.478 e. The minimum absolute atomic E-state index is 0.0138. The van der Waals surface area contributed by atoms with E-state index in [0.717, 1.165) is 0 Å². The summed E-state index contributed by atoms with van der Waals surface area (Å²) < 4.78 is 0. The number of hydrogen-bond donors (Lipinski definition) is 1. The molecule has 0 atom stereocenters. The molecule has 0 aliphatic rings. The molecule has 1 rings (SSSR count). The second-order valence-electron chi connectivity index (χ2n) is 3.14. The van der Waals surface area contributed by atoms with Crippen molar-refractivity contribution in [3.63, 3.8) is 0 Å². The average molecular weight is 250 g/mol. The van der Waals surface area contributed by atoms with E-state index in [1.54, 1.807) is 0 Å². The highest BCUT2D eigenvalue weighted by Gasteiger charge is 2.16. The fourth-order valence-corrected chi connectivity index (χ4v) is 1.51. The zero-order chi connectivity index (χ0) is 12.8. The van der Waals surface area contributed by atoms with Crippen LogP contribution in [0, 0.1) is 22.7 Å². The number of rotatable bonds is 4. The van der Waals surface area contributed by atoms with Crippen molar-refractivity contribution >= 4 is 23.3 Å². The number of carbonyl (C=O) groups is 1. The Hall–Kier alpha value is -2.24.